The Morgan fingerprint density at radius 1 is 1.14 bits per heavy atom. The van der Waals surface area contributed by atoms with Gasteiger partial charge in [-0.2, -0.15) is 0 Å². The number of anilines is 1. The highest BCUT2D eigenvalue weighted by atomic mass is 19.1. The molecule has 1 amide bonds. The number of benzene rings is 2. The summed E-state index contributed by atoms with van der Waals surface area (Å²) in [6.07, 6.45) is 4.97. The number of hydrogen-bond donors (Lipinski definition) is 2. The monoisotopic (exact) mass is 475 g/mol. The zero-order chi connectivity index (χ0) is 24.8. The molecule has 2 N–H and O–H groups in total. The van der Waals surface area contributed by atoms with Crippen LogP contribution in [-0.2, 0) is 13.0 Å². The molecule has 7 heteroatoms. The van der Waals surface area contributed by atoms with Gasteiger partial charge in [-0.15, -0.1) is 0 Å². The Bertz CT molecular complexity index is 1180. The fourth-order valence-corrected chi connectivity index (χ4v) is 4.07. The van der Waals surface area contributed by atoms with Gasteiger partial charge in [-0.25, -0.2) is 14.2 Å². The molecule has 0 spiro atoms. The second-order valence-corrected chi connectivity index (χ2v) is 9.04. The number of rotatable bonds is 9. The molecule has 3 aromatic rings. The molecule has 182 valence electrons. The number of halogens is 1. The third kappa shape index (κ3) is 6.18. The van der Waals surface area contributed by atoms with Gasteiger partial charge in [0.1, 0.15) is 17.4 Å². The number of pyridine rings is 1. The van der Waals surface area contributed by atoms with Gasteiger partial charge in [-0.3, -0.25) is 4.90 Å². The lowest BCUT2D eigenvalue weighted by Gasteiger charge is -2.25. The molecule has 2 aromatic carbocycles. The summed E-state index contributed by atoms with van der Waals surface area (Å²) in [5.74, 6) is 1.68. The molecule has 0 saturated carbocycles. The Morgan fingerprint density at radius 3 is 2.54 bits per heavy atom. The van der Waals surface area contributed by atoms with E-state index >= 15 is 0 Å². The number of hydrogen-bond acceptors (Lipinski definition) is 4. The van der Waals surface area contributed by atoms with Crippen molar-refractivity contribution in [2.45, 2.75) is 32.9 Å². The van der Waals surface area contributed by atoms with Gasteiger partial charge < -0.3 is 15.2 Å². The van der Waals surface area contributed by atoms with Gasteiger partial charge in [0, 0.05) is 31.3 Å². The van der Waals surface area contributed by atoms with E-state index in [1.54, 1.807) is 18.3 Å². The van der Waals surface area contributed by atoms with Crippen molar-refractivity contribution in [2.24, 2.45) is 5.92 Å². The lowest BCUT2D eigenvalue weighted by atomic mass is 9.95. The van der Waals surface area contributed by atoms with Crippen molar-refractivity contribution in [3.8, 4) is 5.75 Å². The number of carbonyl (C=O) groups is 1. The van der Waals surface area contributed by atoms with E-state index in [-0.39, 0.29) is 5.82 Å². The quantitative estimate of drug-likeness (QED) is 0.369. The molecule has 2 heterocycles. The van der Waals surface area contributed by atoms with Crippen LogP contribution in [0.15, 0.2) is 72.9 Å². The number of nitrogens with zero attached hydrogens (tertiary/aromatic N) is 2. The zero-order valence-electron chi connectivity index (χ0n) is 19.9. The highest BCUT2D eigenvalue weighted by molar-refractivity contribution is 5.68. The summed E-state index contributed by atoms with van der Waals surface area (Å²) in [4.78, 5) is 17.8. The molecule has 0 saturated heterocycles. The smallest absolute Gasteiger partial charge is 0.408 e. The Hall–Kier alpha value is -3.87. The highest BCUT2D eigenvalue weighted by Gasteiger charge is 2.28. The van der Waals surface area contributed by atoms with Crippen LogP contribution in [0.4, 0.5) is 15.0 Å². The van der Waals surface area contributed by atoms with Gasteiger partial charge in [0.15, 0.2) is 0 Å². The zero-order valence-corrected chi connectivity index (χ0v) is 19.9. The first-order chi connectivity index (χ1) is 16.9. The van der Waals surface area contributed by atoms with Crippen LogP contribution < -0.4 is 10.1 Å². The van der Waals surface area contributed by atoms with E-state index in [0.717, 1.165) is 28.0 Å². The lowest BCUT2D eigenvalue weighted by Crippen LogP contribution is -2.30. The molecule has 4 rings (SSSR count). The molecule has 1 atom stereocenters. The predicted molar refractivity (Wildman–Crippen MR) is 134 cm³/mol. The molecule has 0 fully saturated rings. The summed E-state index contributed by atoms with van der Waals surface area (Å²) >= 11 is 0. The first kappa shape index (κ1) is 24.3. The van der Waals surface area contributed by atoms with Gasteiger partial charge in [0.2, 0.25) is 0 Å². The minimum absolute atomic E-state index is 0.296. The average Bonchev–Trinajstić information content (AvgIpc) is 3.34. The number of carboxylic acid groups (broad SMARTS) is 1. The van der Waals surface area contributed by atoms with E-state index in [2.05, 4.69) is 24.1 Å². The third-order valence-electron chi connectivity index (χ3n) is 5.87. The van der Waals surface area contributed by atoms with E-state index in [1.165, 1.54) is 17.0 Å². The highest BCUT2D eigenvalue weighted by Crippen LogP contribution is 2.33. The number of nitrogens with one attached hydrogen (secondary N) is 1. The largest absolute Gasteiger partial charge is 0.493 e. The first-order valence-corrected chi connectivity index (χ1v) is 11.7. The first-order valence-electron chi connectivity index (χ1n) is 11.7. The molecule has 0 radical (unpaired) electrons. The van der Waals surface area contributed by atoms with Gasteiger partial charge in [0.25, 0.3) is 0 Å². The van der Waals surface area contributed by atoms with Crippen molar-refractivity contribution in [1.29, 1.82) is 0 Å². The minimum atomic E-state index is -0.973. The topological polar surface area (TPSA) is 74.7 Å². The van der Waals surface area contributed by atoms with Crippen LogP contribution in [0.5, 0.6) is 5.75 Å². The summed E-state index contributed by atoms with van der Waals surface area (Å²) in [5.41, 5.74) is 3.73. The van der Waals surface area contributed by atoms with Gasteiger partial charge >= 0.3 is 6.09 Å². The molecule has 0 bridgehead atoms. The van der Waals surface area contributed by atoms with Crippen molar-refractivity contribution < 1.29 is 19.0 Å². The molecule has 1 aliphatic rings. The second kappa shape index (κ2) is 11.0. The van der Waals surface area contributed by atoms with Crippen LogP contribution in [0, 0.1) is 11.7 Å². The number of ether oxygens (including phenoxy) is 1. The average molecular weight is 476 g/mol. The van der Waals surface area contributed by atoms with Crippen molar-refractivity contribution in [2.75, 3.05) is 18.5 Å². The molecular formula is C28H30FN3O3. The molecular weight excluding hydrogens is 445 g/mol. The summed E-state index contributed by atoms with van der Waals surface area (Å²) < 4.78 is 19.2. The Morgan fingerprint density at radius 2 is 1.86 bits per heavy atom. The van der Waals surface area contributed by atoms with Crippen LogP contribution in [0.1, 0.15) is 42.1 Å². The van der Waals surface area contributed by atoms with Gasteiger partial charge in [-0.05, 0) is 52.9 Å². The van der Waals surface area contributed by atoms with Gasteiger partial charge in [0.05, 0.1) is 12.6 Å². The molecule has 1 aromatic heterocycles. The SMILES string of the molecule is CC(C)COc1ccc(CNc2nccc(C3C=CCN3C(=O)O)c2Cc2ccc(F)cc2)cc1. The van der Waals surface area contributed by atoms with Crippen LogP contribution in [0.3, 0.4) is 0 Å². The van der Waals surface area contributed by atoms with E-state index in [1.807, 2.05) is 42.5 Å². The fraction of sp³-hybridized carbons (Fsp3) is 0.286. The Balaban J connectivity index is 1.59. The van der Waals surface area contributed by atoms with Crippen molar-refractivity contribution in [3.05, 3.63) is 101 Å². The van der Waals surface area contributed by atoms with Crippen LogP contribution >= 0.6 is 0 Å². The molecule has 6 nitrogen and oxygen atoms in total. The standard InChI is InChI=1S/C28H30FN3O3/c1-19(2)18-35-23-11-7-21(8-12-23)17-31-27-25(16-20-5-9-22(29)10-6-20)24(13-14-30-27)26-4-3-15-32(26)28(33)34/h3-14,19,26H,15-18H2,1-2H3,(H,30,31)(H,33,34). The maximum atomic E-state index is 13.5. The normalized spacial score (nSPS) is 15.0. The van der Waals surface area contributed by atoms with E-state index in [0.29, 0.717) is 37.9 Å². The van der Waals surface area contributed by atoms with Crippen LogP contribution in [0.25, 0.3) is 0 Å². The summed E-state index contributed by atoms with van der Waals surface area (Å²) in [6, 6.07) is 15.7. The van der Waals surface area contributed by atoms with Gasteiger partial charge in [-0.1, -0.05) is 50.3 Å². The van der Waals surface area contributed by atoms with Crippen molar-refractivity contribution in [1.82, 2.24) is 9.88 Å². The Kier molecular flexibility index (Phi) is 7.65. The molecule has 1 unspecified atom stereocenters. The maximum Gasteiger partial charge on any atom is 0.408 e. The van der Waals surface area contributed by atoms with Crippen molar-refractivity contribution >= 4 is 11.9 Å². The van der Waals surface area contributed by atoms with Crippen LogP contribution in [0.2, 0.25) is 0 Å². The molecule has 0 aliphatic carbocycles. The maximum absolute atomic E-state index is 13.5. The second-order valence-electron chi connectivity index (χ2n) is 9.04. The minimum Gasteiger partial charge on any atom is -0.493 e. The molecule has 1 aliphatic heterocycles. The summed E-state index contributed by atoms with van der Waals surface area (Å²) in [5, 5.41) is 13.1. The lowest BCUT2D eigenvalue weighted by molar-refractivity contribution is 0.144. The van der Waals surface area contributed by atoms with Crippen LogP contribution in [-0.4, -0.2) is 34.2 Å². The van der Waals surface area contributed by atoms with Crippen molar-refractivity contribution in [3.63, 3.8) is 0 Å². The summed E-state index contributed by atoms with van der Waals surface area (Å²) in [6.45, 7) is 5.77. The van der Waals surface area contributed by atoms with E-state index in [9.17, 15) is 14.3 Å². The number of aromatic nitrogens is 1. The van der Waals surface area contributed by atoms with E-state index < -0.39 is 12.1 Å². The molecule has 35 heavy (non-hydrogen) atoms. The fourth-order valence-electron chi connectivity index (χ4n) is 4.07. The Labute approximate surface area is 205 Å². The summed E-state index contributed by atoms with van der Waals surface area (Å²) in [7, 11) is 0. The third-order valence-corrected chi connectivity index (χ3v) is 5.87. The predicted octanol–water partition coefficient (Wildman–Crippen LogP) is 6.05. The number of amides is 1. The van der Waals surface area contributed by atoms with E-state index in [4.69, 9.17) is 4.74 Å².